The van der Waals surface area contributed by atoms with Crippen molar-refractivity contribution in [2.24, 2.45) is 0 Å². The van der Waals surface area contributed by atoms with Gasteiger partial charge in [-0.2, -0.15) is 0 Å². The maximum Gasteiger partial charge on any atom is 0.179 e. The van der Waals surface area contributed by atoms with Crippen LogP contribution in [-0.2, 0) is 0 Å². The highest BCUT2D eigenvalue weighted by molar-refractivity contribution is 7.23. The Hall–Kier alpha value is -6.08. The number of carbonyl (C=O) groups excluding carboxylic acids is 4. The van der Waals surface area contributed by atoms with Crippen molar-refractivity contribution in [1.29, 1.82) is 0 Å². The summed E-state index contributed by atoms with van der Waals surface area (Å²) >= 11 is 3.06. The van der Waals surface area contributed by atoms with Crippen LogP contribution in [0.4, 0.5) is 0 Å². The number of benzene rings is 6. The lowest BCUT2D eigenvalue weighted by Crippen LogP contribution is -2.11. The summed E-state index contributed by atoms with van der Waals surface area (Å²) in [6.07, 6.45) is 0. The zero-order valence-electron chi connectivity index (χ0n) is 42.5. The van der Waals surface area contributed by atoms with E-state index in [1.54, 1.807) is 0 Å². The molecule has 6 heteroatoms. The van der Waals surface area contributed by atoms with Crippen LogP contribution in [0.3, 0.4) is 0 Å². The molecule has 0 bridgehead atoms. The third kappa shape index (κ3) is 7.77. The van der Waals surface area contributed by atoms with E-state index in [2.05, 4.69) is 119 Å². The number of carbonyl (C=O) groups is 4. The summed E-state index contributed by atoms with van der Waals surface area (Å²) in [5.74, 6) is -1.51. The Bertz CT molecular complexity index is 3100. The van der Waals surface area contributed by atoms with E-state index in [0.29, 0.717) is 43.8 Å². The molecule has 0 fully saturated rings. The van der Waals surface area contributed by atoms with Crippen LogP contribution in [0.5, 0.6) is 0 Å². The highest BCUT2D eigenvalue weighted by atomic mass is 32.1. The van der Waals surface area contributed by atoms with Gasteiger partial charge in [0.2, 0.25) is 0 Å². The lowest BCUT2D eigenvalue weighted by Gasteiger charge is -2.25. The average molecular weight is 959 g/mol. The summed E-state index contributed by atoms with van der Waals surface area (Å²) in [6, 6.07) is 37.1. The molecule has 2 aromatic heterocycles. The summed E-state index contributed by atoms with van der Waals surface area (Å²) in [6.45, 7) is 27.0. The first kappa shape index (κ1) is 47.6. The lowest BCUT2D eigenvalue weighted by molar-refractivity contribution is 0.0876. The molecule has 8 aromatic rings. The van der Waals surface area contributed by atoms with Crippen LogP contribution in [0.15, 0.2) is 109 Å². The van der Waals surface area contributed by atoms with Crippen LogP contribution in [-0.4, -0.2) is 23.1 Å². The van der Waals surface area contributed by atoms with E-state index < -0.39 is 11.8 Å². The maximum absolute atomic E-state index is 14.9. The van der Waals surface area contributed by atoms with Gasteiger partial charge in [0.25, 0.3) is 0 Å². The second-order valence-electron chi connectivity index (χ2n) is 21.7. The molecule has 2 aliphatic carbocycles. The molecule has 6 aromatic carbocycles. The summed E-state index contributed by atoms with van der Waals surface area (Å²) in [4.78, 5) is 62.9. The molecule has 0 saturated heterocycles. The quantitative estimate of drug-likeness (QED) is 0.121. The van der Waals surface area contributed by atoms with Gasteiger partial charge in [0, 0.05) is 43.1 Å². The Kier molecular flexibility index (Phi) is 12.2. The van der Waals surface area contributed by atoms with E-state index in [4.69, 9.17) is 0 Å². The van der Waals surface area contributed by atoms with E-state index in [-0.39, 0.29) is 46.8 Å². The average Bonchev–Trinajstić information content (AvgIpc) is 4.07. The van der Waals surface area contributed by atoms with Gasteiger partial charge in [0.1, 0.15) is 11.8 Å². The van der Waals surface area contributed by atoms with Crippen molar-refractivity contribution >= 4 is 67.4 Å². The molecular weight excluding hydrogens is 897 g/mol. The van der Waals surface area contributed by atoms with E-state index in [0.717, 1.165) is 53.6 Å². The van der Waals surface area contributed by atoms with E-state index in [9.17, 15) is 19.2 Å². The van der Waals surface area contributed by atoms with Crippen molar-refractivity contribution in [3.05, 3.63) is 175 Å². The highest BCUT2D eigenvalue weighted by Gasteiger charge is 2.44. The van der Waals surface area contributed by atoms with Crippen molar-refractivity contribution in [2.45, 2.75) is 130 Å². The van der Waals surface area contributed by atoms with Crippen molar-refractivity contribution < 1.29 is 19.2 Å². The molecule has 0 atom stereocenters. The molecule has 0 radical (unpaired) electrons. The van der Waals surface area contributed by atoms with Gasteiger partial charge < -0.3 is 0 Å². The number of hydrogen-bond donors (Lipinski definition) is 0. The third-order valence-electron chi connectivity index (χ3n) is 15.0. The lowest BCUT2D eigenvalue weighted by atomic mass is 9.80. The van der Waals surface area contributed by atoms with Gasteiger partial charge in [-0.1, -0.05) is 156 Å². The number of thiophene rings is 2. The molecule has 0 amide bonds. The fourth-order valence-corrected chi connectivity index (χ4v) is 13.7. The minimum Gasteiger partial charge on any atom is -0.293 e. The highest BCUT2D eigenvalue weighted by Crippen LogP contribution is 2.56. The molecule has 10 rings (SSSR count). The van der Waals surface area contributed by atoms with Crippen LogP contribution in [0.25, 0.3) is 53.6 Å². The molecule has 0 aliphatic heterocycles. The number of rotatable bonds is 11. The summed E-state index contributed by atoms with van der Waals surface area (Å²) < 4.78 is 0. The summed E-state index contributed by atoms with van der Waals surface area (Å²) in [5, 5.41) is 3.71. The first-order valence-corrected chi connectivity index (χ1v) is 26.8. The smallest absolute Gasteiger partial charge is 0.179 e. The monoisotopic (exact) mass is 958 g/mol. The van der Waals surface area contributed by atoms with Gasteiger partial charge in [0.15, 0.2) is 23.1 Å². The first-order valence-electron chi connectivity index (χ1n) is 25.2. The van der Waals surface area contributed by atoms with E-state index in [1.807, 2.05) is 72.8 Å². The van der Waals surface area contributed by atoms with Gasteiger partial charge in [-0.05, 0) is 138 Å². The zero-order chi connectivity index (χ0) is 49.8. The molecule has 0 saturated carbocycles. The van der Waals surface area contributed by atoms with E-state index >= 15 is 0 Å². The van der Waals surface area contributed by atoms with Crippen molar-refractivity contribution in [3.8, 4) is 32.0 Å². The summed E-state index contributed by atoms with van der Waals surface area (Å²) in [5.41, 5.74) is 13.5. The standard InChI is InChI=1S/C64H62O4S2/c1-31(2)41-25-43(33(5)6)55(44(26-41)34(7)8)51-29-53(57-59(65)47-21-37-17-13-14-18-38(37)22-48(47)60(57)66)69-63(51)64-52(56-45(35(9)10)27-42(32(3)4)28-46(56)36(11)12)30-54(70-64)58-61(67)49-23-39-19-15-16-20-40(39)24-50(49)62(58)68/h13-36,57-58H,1-12H3. The second-order valence-corrected chi connectivity index (χ2v) is 23.8. The van der Waals surface area contributed by atoms with Gasteiger partial charge in [-0.15, -0.1) is 22.7 Å². The van der Waals surface area contributed by atoms with Gasteiger partial charge >= 0.3 is 0 Å². The predicted octanol–water partition coefficient (Wildman–Crippen LogP) is 18.2. The Morgan fingerprint density at radius 1 is 0.329 bits per heavy atom. The van der Waals surface area contributed by atoms with Gasteiger partial charge in [-0.25, -0.2) is 0 Å². The molecule has 4 nitrogen and oxygen atoms in total. The molecule has 2 heterocycles. The van der Waals surface area contributed by atoms with E-state index in [1.165, 1.54) is 56.1 Å². The predicted molar refractivity (Wildman–Crippen MR) is 294 cm³/mol. The van der Waals surface area contributed by atoms with Crippen LogP contribution < -0.4 is 0 Å². The minimum absolute atomic E-state index is 0.151. The number of hydrogen-bond acceptors (Lipinski definition) is 6. The fraction of sp³-hybridized carbons (Fsp3) is 0.312. The minimum atomic E-state index is -1.00. The van der Waals surface area contributed by atoms with Crippen LogP contribution >= 0.6 is 22.7 Å². The number of ketones is 4. The Labute approximate surface area is 421 Å². The van der Waals surface area contributed by atoms with Crippen LogP contribution in [0.2, 0.25) is 0 Å². The van der Waals surface area contributed by atoms with Crippen molar-refractivity contribution in [1.82, 2.24) is 0 Å². The molecule has 70 heavy (non-hydrogen) atoms. The Morgan fingerprint density at radius 2 is 0.586 bits per heavy atom. The fourth-order valence-electron chi connectivity index (χ4n) is 11.0. The van der Waals surface area contributed by atoms with Gasteiger partial charge in [0.05, 0.1) is 9.75 Å². The maximum atomic E-state index is 14.9. The van der Waals surface area contributed by atoms with Crippen LogP contribution in [0.1, 0.15) is 215 Å². The molecule has 0 N–H and O–H groups in total. The largest absolute Gasteiger partial charge is 0.293 e. The Balaban J connectivity index is 1.30. The van der Waals surface area contributed by atoms with Crippen molar-refractivity contribution in [3.63, 3.8) is 0 Å². The normalized spacial score (nSPS) is 14.5. The SMILES string of the molecule is CC(C)c1cc(C(C)C)c(-c2cc(C3C(=O)c4cc5ccccc5cc4C3=O)sc2-c2sc(C3C(=O)c4cc5ccccc5cc4C3=O)cc2-c2c(C(C)C)cc(C(C)C)cc2C(C)C)c(C(C)C)c1. The molecule has 354 valence electrons. The zero-order valence-corrected chi connectivity index (χ0v) is 44.1. The summed E-state index contributed by atoms with van der Waals surface area (Å²) in [7, 11) is 0. The Morgan fingerprint density at radius 3 is 0.814 bits per heavy atom. The molecule has 0 spiro atoms. The van der Waals surface area contributed by atoms with Crippen LogP contribution in [0, 0.1) is 0 Å². The molecule has 0 unspecified atom stereocenters. The number of Topliss-reactive ketones (excluding diaryl/α,β-unsaturated/α-hetero) is 4. The third-order valence-corrected chi connectivity index (χ3v) is 17.5. The topological polar surface area (TPSA) is 68.3 Å². The van der Waals surface area contributed by atoms with Gasteiger partial charge in [-0.3, -0.25) is 19.2 Å². The van der Waals surface area contributed by atoms with Crippen molar-refractivity contribution in [2.75, 3.05) is 0 Å². The first-order chi connectivity index (χ1) is 33.3. The molecule has 2 aliphatic rings. The second kappa shape index (κ2) is 18.0. The molecular formula is C64H62O4S2. The number of fused-ring (bicyclic) bond motifs is 4.